The van der Waals surface area contributed by atoms with E-state index in [-0.39, 0.29) is 12.3 Å². The predicted molar refractivity (Wildman–Crippen MR) is 60.2 cm³/mol. The van der Waals surface area contributed by atoms with Crippen LogP contribution in [0.2, 0.25) is 0 Å². The fourth-order valence-electron chi connectivity index (χ4n) is 1.49. The third kappa shape index (κ3) is 10.5. The SMILES string of the molecule is O=C=NCCCCC(CCC(=O)O)CN=C=O. The Hall–Kier alpha value is -1.77. The Bertz CT molecular complexity index is 317. The first-order valence-corrected chi connectivity index (χ1v) is 5.49. The van der Waals surface area contributed by atoms with E-state index in [4.69, 9.17) is 5.11 Å². The Morgan fingerprint density at radius 1 is 1.12 bits per heavy atom. The molecule has 0 heterocycles. The van der Waals surface area contributed by atoms with Crippen LogP contribution in [-0.2, 0) is 14.4 Å². The predicted octanol–water partition coefficient (Wildman–Crippen LogP) is 1.31. The standard InChI is InChI=1S/C11H16N2O4/c14-8-12-6-2-1-3-10(7-13-9-15)4-5-11(16)17/h10H,1-7H2,(H,16,17). The number of carboxylic acid groups (broad SMARTS) is 1. The summed E-state index contributed by atoms with van der Waals surface area (Å²) in [4.78, 5) is 37.1. The van der Waals surface area contributed by atoms with Crippen LogP contribution in [0.15, 0.2) is 9.98 Å². The zero-order chi connectivity index (χ0) is 12.9. The molecule has 0 aliphatic carbocycles. The molecule has 0 spiro atoms. The number of aliphatic carboxylic acids is 1. The monoisotopic (exact) mass is 240 g/mol. The van der Waals surface area contributed by atoms with Crippen LogP contribution in [0.3, 0.4) is 0 Å². The lowest BCUT2D eigenvalue weighted by Crippen LogP contribution is -2.08. The van der Waals surface area contributed by atoms with E-state index in [9.17, 15) is 14.4 Å². The minimum atomic E-state index is -0.851. The molecule has 17 heavy (non-hydrogen) atoms. The van der Waals surface area contributed by atoms with Gasteiger partial charge in [-0.15, -0.1) is 0 Å². The number of rotatable bonds is 10. The lowest BCUT2D eigenvalue weighted by atomic mass is 9.97. The molecule has 0 bridgehead atoms. The second kappa shape index (κ2) is 10.7. The van der Waals surface area contributed by atoms with Crippen LogP contribution in [0.4, 0.5) is 0 Å². The van der Waals surface area contributed by atoms with Gasteiger partial charge in [-0.3, -0.25) is 4.79 Å². The molecule has 0 aliphatic rings. The number of hydrogen-bond acceptors (Lipinski definition) is 5. The summed E-state index contributed by atoms with van der Waals surface area (Å²) in [7, 11) is 0. The number of carbonyl (C=O) groups is 1. The smallest absolute Gasteiger partial charge is 0.303 e. The molecule has 0 aromatic rings. The number of unbranched alkanes of at least 4 members (excludes halogenated alkanes) is 1. The van der Waals surface area contributed by atoms with Gasteiger partial charge in [0.25, 0.3) is 0 Å². The largest absolute Gasteiger partial charge is 0.481 e. The van der Waals surface area contributed by atoms with Gasteiger partial charge in [0.1, 0.15) is 0 Å². The fraction of sp³-hybridized carbons (Fsp3) is 0.727. The highest BCUT2D eigenvalue weighted by Gasteiger charge is 2.10. The second-order valence-corrected chi connectivity index (χ2v) is 3.70. The number of carbonyl (C=O) groups excluding carboxylic acids is 2. The highest BCUT2D eigenvalue weighted by molar-refractivity contribution is 5.66. The molecule has 0 rings (SSSR count). The molecule has 0 aliphatic heterocycles. The van der Waals surface area contributed by atoms with Crippen molar-refractivity contribution in [1.82, 2.24) is 0 Å². The van der Waals surface area contributed by atoms with Crippen molar-refractivity contribution in [2.45, 2.75) is 32.1 Å². The molecular formula is C11H16N2O4. The van der Waals surface area contributed by atoms with Crippen LogP contribution < -0.4 is 0 Å². The van der Waals surface area contributed by atoms with Crippen LogP contribution in [-0.4, -0.2) is 36.3 Å². The normalized spacial score (nSPS) is 11.1. The molecule has 0 amide bonds. The van der Waals surface area contributed by atoms with Gasteiger partial charge in [0.2, 0.25) is 12.2 Å². The van der Waals surface area contributed by atoms with E-state index in [1.54, 1.807) is 0 Å². The lowest BCUT2D eigenvalue weighted by molar-refractivity contribution is -0.137. The van der Waals surface area contributed by atoms with E-state index in [1.807, 2.05) is 0 Å². The van der Waals surface area contributed by atoms with Crippen molar-refractivity contribution in [2.75, 3.05) is 13.1 Å². The fourth-order valence-corrected chi connectivity index (χ4v) is 1.49. The van der Waals surface area contributed by atoms with Gasteiger partial charge in [-0.1, -0.05) is 6.42 Å². The van der Waals surface area contributed by atoms with Crippen molar-refractivity contribution < 1.29 is 19.5 Å². The summed E-state index contributed by atoms with van der Waals surface area (Å²) in [5.74, 6) is -0.775. The molecule has 1 N–H and O–H groups in total. The van der Waals surface area contributed by atoms with Crippen molar-refractivity contribution in [1.29, 1.82) is 0 Å². The van der Waals surface area contributed by atoms with Gasteiger partial charge in [-0.2, -0.15) is 0 Å². The molecule has 0 fully saturated rings. The summed E-state index contributed by atoms with van der Waals surface area (Å²) in [6.07, 6.45) is 5.83. The average molecular weight is 240 g/mol. The molecule has 6 heteroatoms. The molecule has 0 saturated carbocycles. The Labute approximate surface area is 99.5 Å². The van der Waals surface area contributed by atoms with Gasteiger partial charge in [0, 0.05) is 6.42 Å². The van der Waals surface area contributed by atoms with Crippen molar-refractivity contribution >= 4 is 18.1 Å². The third-order valence-electron chi connectivity index (χ3n) is 2.38. The maximum atomic E-state index is 10.4. The highest BCUT2D eigenvalue weighted by atomic mass is 16.4. The van der Waals surface area contributed by atoms with E-state index in [0.29, 0.717) is 19.5 Å². The van der Waals surface area contributed by atoms with E-state index < -0.39 is 5.97 Å². The summed E-state index contributed by atoms with van der Waals surface area (Å²) in [6.45, 7) is 0.750. The van der Waals surface area contributed by atoms with Crippen LogP contribution in [0.25, 0.3) is 0 Å². The summed E-state index contributed by atoms with van der Waals surface area (Å²) in [5.41, 5.74) is 0. The van der Waals surface area contributed by atoms with Crippen LogP contribution in [0, 0.1) is 5.92 Å². The van der Waals surface area contributed by atoms with Crippen molar-refractivity contribution in [2.24, 2.45) is 15.9 Å². The first-order chi connectivity index (χ1) is 8.20. The summed E-state index contributed by atoms with van der Waals surface area (Å²) >= 11 is 0. The Balaban J connectivity index is 3.87. The van der Waals surface area contributed by atoms with E-state index in [1.165, 1.54) is 12.2 Å². The van der Waals surface area contributed by atoms with Crippen molar-refractivity contribution in [3.05, 3.63) is 0 Å². The molecule has 0 saturated heterocycles. The summed E-state index contributed by atoms with van der Waals surface area (Å²) in [6, 6.07) is 0. The van der Waals surface area contributed by atoms with Crippen molar-refractivity contribution in [3.63, 3.8) is 0 Å². The minimum Gasteiger partial charge on any atom is -0.481 e. The van der Waals surface area contributed by atoms with Gasteiger partial charge >= 0.3 is 5.97 Å². The second-order valence-electron chi connectivity index (χ2n) is 3.70. The zero-order valence-electron chi connectivity index (χ0n) is 9.59. The molecule has 0 aromatic carbocycles. The maximum absolute atomic E-state index is 10.4. The molecule has 1 atom stereocenters. The number of hydrogen-bond donors (Lipinski definition) is 1. The zero-order valence-corrected chi connectivity index (χ0v) is 9.59. The first-order valence-electron chi connectivity index (χ1n) is 5.49. The number of carboxylic acids is 1. The van der Waals surface area contributed by atoms with Gasteiger partial charge in [0.15, 0.2) is 0 Å². The molecule has 6 nitrogen and oxygen atoms in total. The quantitative estimate of drug-likeness (QED) is 0.353. The molecule has 1 unspecified atom stereocenters. The van der Waals surface area contributed by atoms with Gasteiger partial charge < -0.3 is 5.11 Å². The van der Waals surface area contributed by atoms with Gasteiger partial charge in [0.05, 0.1) is 13.1 Å². The Morgan fingerprint density at radius 3 is 2.41 bits per heavy atom. The number of aliphatic imine (C=N–C) groups is 2. The number of nitrogens with zero attached hydrogens (tertiary/aromatic N) is 2. The topological polar surface area (TPSA) is 96.2 Å². The van der Waals surface area contributed by atoms with E-state index in [0.717, 1.165) is 19.3 Å². The maximum Gasteiger partial charge on any atom is 0.303 e. The molecular weight excluding hydrogens is 224 g/mol. The van der Waals surface area contributed by atoms with Gasteiger partial charge in [-0.05, 0) is 25.2 Å². The number of isocyanates is 2. The highest BCUT2D eigenvalue weighted by Crippen LogP contribution is 2.15. The van der Waals surface area contributed by atoms with E-state index in [2.05, 4.69) is 9.98 Å². The minimum absolute atomic E-state index is 0.0749. The van der Waals surface area contributed by atoms with Crippen LogP contribution in [0.1, 0.15) is 32.1 Å². The lowest BCUT2D eigenvalue weighted by Gasteiger charge is -2.11. The Morgan fingerprint density at radius 2 is 1.82 bits per heavy atom. The first kappa shape index (κ1) is 15.2. The summed E-state index contributed by atoms with van der Waals surface area (Å²) < 4.78 is 0. The molecule has 0 aromatic heterocycles. The van der Waals surface area contributed by atoms with E-state index >= 15 is 0 Å². The Kier molecular flexibility index (Phi) is 9.62. The average Bonchev–Trinajstić information content (AvgIpc) is 2.31. The van der Waals surface area contributed by atoms with Crippen LogP contribution in [0.5, 0.6) is 0 Å². The van der Waals surface area contributed by atoms with Gasteiger partial charge in [-0.25, -0.2) is 19.6 Å². The van der Waals surface area contributed by atoms with Crippen LogP contribution >= 0.6 is 0 Å². The summed E-state index contributed by atoms with van der Waals surface area (Å²) in [5, 5.41) is 8.56. The molecule has 94 valence electrons. The van der Waals surface area contributed by atoms with Crippen molar-refractivity contribution in [3.8, 4) is 0 Å². The molecule has 0 radical (unpaired) electrons. The third-order valence-corrected chi connectivity index (χ3v) is 2.38.